The Kier molecular flexibility index (Phi) is 12.4. The number of hydrogen-bond donors (Lipinski definition) is 4. The number of halogens is 3. The van der Waals surface area contributed by atoms with E-state index in [1.54, 1.807) is 43.4 Å². The summed E-state index contributed by atoms with van der Waals surface area (Å²) in [5.41, 5.74) is 1.20. The topological polar surface area (TPSA) is 212 Å². The van der Waals surface area contributed by atoms with Crippen LogP contribution in [0.4, 0.5) is 31.5 Å². The van der Waals surface area contributed by atoms with Gasteiger partial charge in [-0.3, -0.25) is 23.9 Å². The minimum atomic E-state index is -1.73. The van der Waals surface area contributed by atoms with Crippen LogP contribution >= 0.6 is 11.6 Å². The number of amides is 4. The van der Waals surface area contributed by atoms with Gasteiger partial charge in [0.25, 0.3) is 23.6 Å². The average molecular weight is 960 g/mol. The van der Waals surface area contributed by atoms with Crippen LogP contribution in [0.15, 0.2) is 48.9 Å². The monoisotopic (exact) mass is 959 g/mol. The third-order valence-corrected chi connectivity index (χ3v) is 13.3. The predicted octanol–water partition coefficient (Wildman–Crippen LogP) is 4.16. The molecular formula is C46H52ClF2N11O8. The Morgan fingerprint density at radius 3 is 1.94 bits per heavy atom. The van der Waals surface area contributed by atoms with Gasteiger partial charge in [0.2, 0.25) is 0 Å². The number of alkyl halides is 2. The van der Waals surface area contributed by atoms with Gasteiger partial charge in [-0.1, -0.05) is 17.7 Å². The SMILES string of the molecule is Cn1ncc(C(=O)Nc2cc3c(cc2N2CCOC(c4ccc5ncnn5c4C(=O)Nc4cc5c(cc4N4CCOCC4)C(=O)N(C[C@@H](F)C(C)(C)O)C5)C2)C(=O)N(C[C@@H](F)C(C)(C)O)C3)c1Cl. The molecule has 9 rings (SSSR count). The van der Waals surface area contributed by atoms with E-state index < -0.39 is 47.4 Å². The highest BCUT2D eigenvalue weighted by atomic mass is 35.5. The lowest BCUT2D eigenvalue weighted by atomic mass is 10.0. The van der Waals surface area contributed by atoms with E-state index in [4.69, 9.17) is 21.1 Å². The summed E-state index contributed by atoms with van der Waals surface area (Å²) in [6.07, 6.45) is -1.56. The zero-order valence-corrected chi connectivity index (χ0v) is 38.9. The second kappa shape index (κ2) is 18.0. The van der Waals surface area contributed by atoms with Crippen LogP contribution in [-0.4, -0.2) is 151 Å². The first-order valence-corrected chi connectivity index (χ1v) is 22.6. The van der Waals surface area contributed by atoms with Crippen LogP contribution in [0.5, 0.6) is 0 Å². The van der Waals surface area contributed by atoms with E-state index in [2.05, 4.69) is 25.8 Å². The molecule has 68 heavy (non-hydrogen) atoms. The summed E-state index contributed by atoms with van der Waals surface area (Å²) < 4.78 is 45.0. The van der Waals surface area contributed by atoms with Crippen molar-refractivity contribution in [3.8, 4) is 0 Å². The van der Waals surface area contributed by atoms with Crippen molar-refractivity contribution in [3.05, 3.63) is 93.2 Å². The summed E-state index contributed by atoms with van der Waals surface area (Å²) in [5.74, 6) is -1.96. The van der Waals surface area contributed by atoms with Crippen LogP contribution in [0.2, 0.25) is 5.15 Å². The molecule has 1 unspecified atom stereocenters. The molecule has 360 valence electrons. The smallest absolute Gasteiger partial charge is 0.274 e. The number of aryl methyl sites for hydroxylation is 1. The van der Waals surface area contributed by atoms with Crippen molar-refractivity contribution in [1.29, 1.82) is 0 Å². The average Bonchev–Trinajstić information content (AvgIpc) is 4.07. The van der Waals surface area contributed by atoms with E-state index >= 15 is 8.78 Å². The van der Waals surface area contributed by atoms with Crippen LogP contribution < -0.4 is 20.4 Å². The first-order chi connectivity index (χ1) is 32.3. The number of aliphatic hydroxyl groups is 2. The van der Waals surface area contributed by atoms with Crippen LogP contribution in [0.25, 0.3) is 5.65 Å². The summed E-state index contributed by atoms with van der Waals surface area (Å²) in [6.45, 7) is 7.15. The Morgan fingerprint density at radius 1 is 0.824 bits per heavy atom. The third-order valence-electron chi connectivity index (χ3n) is 12.9. The molecule has 2 fully saturated rings. The Labute approximate surface area is 394 Å². The highest BCUT2D eigenvalue weighted by Gasteiger charge is 2.39. The van der Waals surface area contributed by atoms with Crippen LogP contribution in [0, 0.1) is 0 Å². The molecule has 2 aromatic carbocycles. The fraction of sp³-hybridized carbons (Fsp3) is 0.457. The number of fused-ring (bicyclic) bond motifs is 3. The maximum atomic E-state index is 15.1. The van der Waals surface area contributed by atoms with E-state index in [1.807, 2.05) is 9.80 Å². The highest BCUT2D eigenvalue weighted by Crippen LogP contribution is 2.40. The number of carbonyl (C=O) groups excluding carboxylic acids is 4. The van der Waals surface area contributed by atoms with Gasteiger partial charge in [0, 0.05) is 63.0 Å². The van der Waals surface area contributed by atoms with Gasteiger partial charge < -0.3 is 49.9 Å². The van der Waals surface area contributed by atoms with Crippen molar-refractivity contribution in [2.45, 2.75) is 70.4 Å². The fourth-order valence-corrected chi connectivity index (χ4v) is 9.05. The van der Waals surface area contributed by atoms with E-state index in [-0.39, 0.29) is 61.6 Å². The van der Waals surface area contributed by atoms with Gasteiger partial charge in [-0.15, -0.1) is 0 Å². The van der Waals surface area contributed by atoms with Gasteiger partial charge in [-0.05, 0) is 69.2 Å². The summed E-state index contributed by atoms with van der Waals surface area (Å²) in [6, 6.07) is 10.2. The number of benzene rings is 2. The highest BCUT2D eigenvalue weighted by molar-refractivity contribution is 6.33. The van der Waals surface area contributed by atoms with E-state index in [9.17, 15) is 29.4 Å². The second-order valence-electron chi connectivity index (χ2n) is 18.6. The summed E-state index contributed by atoms with van der Waals surface area (Å²) in [5, 5.41) is 35.3. The normalized spacial score (nSPS) is 18.6. The number of nitrogens with one attached hydrogen (secondary N) is 2. The molecule has 0 aliphatic carbocycles. The molecule has 0 saturated carbocycles. The molecule has 7 heterocycles. The number of pyridine rings is 1. The van der Waals surface area contributed by atoms with Crippen molar-refractivity contribution in [1.82, 2.24) is 34.2 Å². The van der Waals surface area contributed by atoms with Crippen molar-refractivity contribution in [2.24, 2.45) is 7.05 Å². The van der Waals surface area contributed by atoms with Gasteiger partial charge in [-0.25, -0.2) is 18.3 Å². The lowest BCUT2D eigenvalue weighted by molar-refractivity contribution is -0.0163. The van der Waals surface area contributed by atoms with Crippen LogP contribution in [0.1, 0.15) is 92.1 Å². The summed E-state index contributed by atoms with van der Waals surface area (Å²) >= 11 is 6.42. The minimum absolute atomic E-state index is 0.0375. The number of hydrogen-bond acceptors (Lipinski definition) is 13. The molecule has 0 radical (unpaired) electrons. The Morgan fingerprint density at radius 2 is 1.38 bits per heavy atom. The maximum Gasteiger partial charge on any atom is 0.274 e. The molecule has 4 N–H and O–H groups in total. The van der Waals surface area contributed by atoms with Gasteiger partial charge in [0.15, 0.2) is 5.65 Å². The number of rotatable bonds is 13. The first kappa shape index (κ1) is 46.8. The minimum Gasteiger partial charge on any atom is -0.387 e. The number of aromatic nitrogens is 5. The number of ether oxygens (including phenoxy) is 2. The van der Waals surface area contributed by atoms with Gasteiger partial charge in [-0.2, -0.15) is 10.2 Å². The standard InChI is InChI=1S/C46H52ClF2N11O8/c1-45(2,65)36(48)22-58-19-25-14-31(33(16-28(25)43(58)63)56-8-11-67-12-9-56)54-42(62)39-27(6-7-38-50-24-52-60(38)39)35-21-57(10-13-68-35)34-17-29-26(20-59(44(29)64)23-37(49)46(3,4)66)15-32(34)53-41(61)30-18-51-55(5)40(30)47/h6-7,14-18,24,35-37,65-66H,8-13,19-23H2,1-5H3,(H,53,61)(H,54,62)/t35?,36-,37-/m1/s1. The molecule has 0 spiro atoms. The largest absolute Gasteiger partial charge is 0.387 e. The van der Waals surface area contributed by atoms with Gasteiger partial charge in [0.05, 0.1) is 78.6 Å². The fourth-order valence-electron chi connectivity index (χ4n) is 8.87. The lowest BCUT2D eigenvalue weighted by Crippen LogP contribution is -2.42. The van der Waals surface area contributed by atoms with Gasteiger partial charge >= 0.3 is 0 Å². The van der Waals surface area contributed by atoms with Crippen LogP contribution in [-0.2, 0) is 29.6 Å². The second-order valence-corrected chi connectivity index (χ2v) is 19.0. The third kappa shape index (κ3) is 8.95. The van der Waals surface area contributed by atoms with E-state index in [0.717, 1.165) is 0 Å². The molecule has 5 aromatic rings. The zero-order chi connectivity index (χ0) is 48.4. The molecular weight excluding hydrogens is 908 g/mol. The van der Waals surface area contributed by atoms with Crippen molar-refractivity contribution >= 4 is 63.6 Å². The van der Waals surface area contributed by atoms with Gasteiger partial charge in [0.1, 0.15) is 35.6 Å². The summed E-state index contributed by atoms with van der Waals surface area (Å²) in [4.78, 5) is 67.1. The molecule has 0 bridgehead atoms. The predicted molar refractivity (Wildman–Crippen MR) is 246 cm³/mol. The first-order valence-electron chi connectivity index (χ1n) is 22.2. The zero-order valence-electron chi connectivity index (χ0n) is 38.1. The Bertz CT molecular complexity index is 2820. The number of carbonyl (C=O) groups is 4. The molecule has 3 aromatic heterocycles. The molecule has 4 aliphatic heterocycles. The van der Waals surface area contributed by atoms with Crippen molar-refractivity contribution in [3.63, 3.8) is 0 Å². The van der Waals surface area contributed by atoms with E-state index in [0.29, 0.717) is 89.1 Å². The molecule has 22 heteroatoms. The molecule has 2 saturated heterocycles. The maximum absolute atomic E-state index is 15.1. The number of nitrogens with zero attached hydrogens (tertiary/aromatic N) is 9. The lowest BCUT2D eigenvalue weighted by Gasteiger charge is -2.36. The number of morpholine rings is 2. The molecule has 4 amide bonds. The number of anilines is 4. The van der Waals surface area contributed by atoms with E-state index in [1.165, 1.54) is 59.2 Å². The van der Waals surface area contributed by atoms with Crippen molar-refractivity contribution < 1.29 is 47.6 Å². The quantitative estimate of drug-likeness (QED) is 0.131. The molecule has 3 atom stereocenters. The Hall–Kier alpha value is -6.26. The van der Waals surface area contributed by atoms with Crippen molar-refractivity contribution in [2.75, 3.05) is 79.5 Å². The Balaban J connectivity index is 1.05. The molecule has 4 aliphatic rings. The summed E-state index contributed by atoms with van der Waals surface area (Å²) in [7, 11) is 1.60. The van der Waals surface area contributed by atoms with Crippen LogP contribution in [0.3, 0.4) is 0 Å². The molecule has 19 nitrogen and oxygen atoms in total.